The highest BCUT2D eigenvalue weighted by molar-refractivity contribution is 7.92. The third-order valence-corrected chi connectivity index (χ3v) is 6.90. The van der Waals surface area contributed by atoms with Gasteiger partial charge in [0.15, 0.2) is 0 Å². The molecule has 2 aromatic rings. The molecular weight excluding hydrogens is 426 g/mol. The quantitative estimate of drug-likeness (QED) is 0.598. The molecule has 0 radical (unpaired) electrons. The van der Waals surface area contributed by atoms with Crippen LogP contribution in [0.3, 0.4) is 0 Å². The first-order valence-electron chi connectivity index (χ1n) is 11.1. The van der Waals surface area contributed by atoms with Gasteiger partial charge in [0.05, 0.1) is 11.5 Å². The molecule has 2 atom stereocenters. The second kappa shape index (κ2) is 10.8. The van der Waals surface area contributed by atoms with E-state index in [1.54, 1.807) is 36.4 Å². The summed E-state index contributed by atoms with van der Waals surface area (Å²) < 4.78 is 33.1. The zero-order valence-electron chi connectivity index (χ0n) is 19.0. The van der Waals surface area contributed by atoms with Crippen LogP contribution in [0.2, 0.25) is 0 Å². The van der Waals surface area contributed by atoms with E-state index in [0.717, 1.165) is 19.6 Å². The molecule has 1 aliphatic rings. The summed E-state index contributed by atoms with van der Waals surface area (Å²) in [5.74, 6) is 1.83. The summed E-state index contributed by atoms with van der Waals surface area (Å²) in [6.07, 6.45) is 1.26. The van der Waals surface area contributed by atoms with E-state index in [0.29, 0.717) is 42.0 Å². The molecule has 3 rings (SSSR count). The van der Waals surface area contributed by atoms with Gasteiger partial charge in [0.25, 0.3) is 15.9 Å². The molecule has 1 fully saturated rings. The van der Waals surface area contributed by atoms with E-state index in [9.17, 15) is 13.2 Å². The lowest BCUT2D eigenvalue weighted by Gasteiger charge is -2.34. The third-order valence-electron chi connectivity index (χ3n) is 5.50. The summed E-state index contributed by atoms with van der Waals surface area (Å²) in [5.41, 5.74) is 0.890. The van der Waals surface area contributed by atoms with Gasteiger partial charge in [0, 0.05) is 37.4 Å². The van der Waals surface area contributed by atoms with Gasteiger partial charge in [-0.15, -0.1) is 0 Å². The van der Waals surface area contributed by atoms with Crippen LogP contribution in [0.4, 0.5) is 5.69 Å². The number of sulfonamides is 1. The molecule has 1 amide bonds. The van der Waals surface area contributed by atoms with Gasteiger partial charge >= 0.3 is 0 Å². The van der Waals surface area contributed by atoms with E-state index in [1.165, 1.54) is 18.6 Å². The first-order valence-corrected chi connectivity index (χ1v) is 12.6. The summed E-state index contributed by atoms with van der Waals surface area (Å²) in [6.45, 7) is 10.5. The molecule has 174 valence electrons. The Labute approximate surface area is 191 Å². The lowest BCUT2D eigenvalue weighted by Crippen LogP contribution is -2.42. The van der Waals surface area contributed by atoms with Crippen molar-refractivity contribution in [2.24, 2.45) is 11.8 Å². The number of rotatable bonds is 9. The van der Waals surface area contributed by atoms with Gasteiger partial charge in [0.1, 0.15) is 5.75 Å². The minimum Gasteiger partial charge on any atom is -0.494 e. The van der Waals surface area contributed by atoms with Gasteiger partial charge < -0.3 is 15.0 Å². The average molecular weight is 460 g/mol. The van der Waals surface area contributed by atoms with Crippen molar-refractivity contribution in [2.75, 3.05) is 37.5 Å². The van der Waals surface area contributed by atoms with Crippen LogP contribution < -0.4 is 14.8 Å². The third kappa shape index (κ3) is 6.71. The molecule has 0 spiro atoms. The smallest absolute Gasteiger partial charge is 0.261 e. The molecule has 1 aliphatic heterocycles. The lowest BCUT2D eigenvalue weighted by molar-refractivity contribution is 0.0936. The second-order valence-corrected chi connectivity index (χ2v) is 10.2. The molecule has 1 heterocycles. The fourth-order valence-corrected chi connectivity index (χ4v) is 5.25. The normalized spacial score (nSPS) is 19.3. The number of likely N-dealkylation sites (tertiary alicyclic amines) is 1. The molecule has 0 aromatic heterocycles. The number of ether oxygens (including phenoxy) is 1. The van der Waals surface area contributed by atoms with Gasteiger partial charge in [-0.1, -0.05) is 13.8 Å². The summed E-state index contributed by atoms with van der Waals surface area (Å²) in [5, 5.41) is 2.95. The van der Waals surface area contributed by atoms with Crippen LogP contribution in [0.5, 0.6) is 5.75 Å². The van der Waals surface area contributed by atoms with Gasteiger partial charge in [-0.05, 0) is 73.7 Å². The van der Waals surface area contributed by atoms with Crippen LogP contribution in [-0.2, 0) is 10.0 Å². The summed E-state index contributed by atoms with van der Waals surface area (Å²) in [7, 11) is -3.73. The Hall–Kier alpha value is -2.58. The van der Waals surface area contributed by atoms with Gasteiger partial charge in [-0.25, -0.2) is 8.42 Å². The number of piperidine rings is 1. The maximum atomic E-state index is 12.6. The van der Waals surface area contributed by atoms with E-state index < -0.39 is 10.0 Å². The van der Waals surface area contributed by atoms with Crippen molar-refractivity contribution in [2.45, 2.75) is 32.1 Å². The highest BCUT2D eigenvalue weighted by atomic mass is 32.2. The second-order valence-electron chi connectivity index (χ2n) is 8.55. The zero-order valence-corrected chi connectivity index (χ0v) is 19.8. The Morgan fingerprint density at radius 1 is 1.03 bits per heavy atom. The van der Waals surface area contributed by atoms with Gasteiger partial charge in [-0.3, -0.25) is 9.52 Å². The summed E-state index contributed by atoms with van der Waals surface area (Å²) in [6, 6.07) is 12.7. The Bertz CT molecular complexity index is 981. The van der Waals surface area contributed by atoms with Crippen molar-refractivity contribution < 1.29 is 17.9 Å². The largest absolute Gasteiger partial charge is 0.494 e. The number of hydrogen-bond acceptors (Lipinski definition) is 5. The maximum Gasteiger partial charge on any atom is 0.261 e. The van der Waals surface area contributed by atoms with Crippen LogP contribution in [0.25, 0.3) is 0 Å². The number of carbonyl (C=O) groups excluding carboxylic acids is 1. The van der Waals surface area contributed by atoms with E-state index in [-0.39, 0.29) is 10.8 Å². The van der Waals surface area contributed by atoms with Crippen LogP contribution in [-0.4, -0.2) is 52.0 Å². The first kappa shape index (κ1) is 24.1. The molecule has 0 bridgehead atoms. The highest BCUT2D eigenvalue weighted by Crippen LogP contribution is 2.21. The predicted octanol–water partition coefficient (Wildman–Crippen LogP) is 3.59. The standard InChI is InChI=1S/C24H33N3O4S/c1-4-31-22-9-11-23(12-10-22)32(29,30)26-21-7-5-20(6-8-21)24(28)25-13-14-27-16-18(2)15-19(3)17-27/h5-12,18-19,26H,4,13-17H2,1-3H3,(H,25,28). The number of nitrogens with one attached hydrogen (secondary N) is 2. The van der Waals surface area contributed by atoms with E-state index >= 15 is 0 Å². The molecular formula is C24H33N3O4S. The molecule has 1 saturated heterocycles. The maximum absolute atomic E-state index is 12.6. The van der Waals surface area contributed by atoms with E-state index in [2.05, 4.69) is 28.8 Å². The molecule has 2 N–H and O–H groups in total. The molecule has 8 heteroatoms. The summed E-state index contributed by atoms with van der Waals surface area (Å²) >= 11 is 0. The lowest BCUT2D eigenvalue weighted by atomic mass is 9.92. The Kier molecular flexibility index (Phi) is 8.15. The molecule has 0 saturated carbocycles. The minimum atomic E-state index is -3.73. The Balaban J connectivity index is 1.52. The zero-order chi connectivity index (χ0) is 23.1. The minimum absolute atomic E-state index is 0.143. The molecule has 2 aromatic carbocycles. The molecule has 32 heavy (non-hydrogen) atoms. The van der Waals surface area contributed by atoms with Crippen molar-refractivity contribution >= 4 is 21.6 Å². The fraction of sp³-hybridized carbons (Fsp3) is 0.458. The Morgan fingerprint density at radius 2 is 1.66 bits per heavy atom. The van der Waals surface area contributed by atoms with Crippen molar-refractivity contribution in [3.63, 3.8) is 0 Å². The van der Waals surface area contributed by atoms with Crippen LogP contribution in [0.15, 0.2) is 53.4 Å². The van der Waals surface area contributed by atoms with Crippen molar-refractivity contribution in [1.82, 2.24) is 10.2 Å². The first-order chi connectivity index (χ1) is 15.3. The van der Waals surface area contributed by atoms with Crippen LogP contribution >= 0.6 is 0 Å². The highest BCUT2D eigenvalue weighted by Gasteiger charge is 2.21. The monoisotopic (exact) mass is 459 g/mol. The van der Waals surface area contributed by atoms with Crippen LogP contribution in [0, 0.1) is 11.8 Å². The van der Waals surface area contributed by atoms with E-state index in [4.69, 9.17) is 4.74 Å². The Morgan fingerprint density at radius 3 is 2.25 bits per heavy atom. The van der Waals surface area contributed by atoms with Crippen molar-refractivity contribution in [3.8, 4) is 5.75 Å². The number of benzene rings is 2. The van der Waals surface area contributed by atoms with Crippen molar-refractivity contribution in [1.29, 1.82) is 0 Å². The molecule has 7 nitrogen and oxygen atoms in total. The van der Waals surface area contributed by atoms with Crippen LogP contribution in [0.1, 0.15) is 37.6 Å². The summed E-state index contributed by atoms with van der Waals surface area (Å²) in [4.78, 5) is 15.0. The van der Waals surface area contributed by atoms with Gasteiger partial charge in [-0.2, -0.15) is 0 Å². The average Bonchev–Trinajstić information content (AvgIpc) is 2.74. The predicted molar refractivity (Wildman–Crippen MR) is 127 cm³/mol. The number of hydrogen-bond donors (Lipinski definition) is 2. The number of carbonyl (C=O) groups is 1. The van der Waals surface area contributed by atoms with Crippen molar-refractivity contribution in [3.05, 3.63) is 54.1 Å². The SMILES string of the molecule is CCOc1ccc(S(=O)(=O)Nc2ccc(C(=O)NCCN3CC(C)CC(C)C3)cc2)cc1. The topological polar surface area (TPSA) is 87.7 Å². The number of anilines is 1. The van der Waals surface area contributed by atoms with E-state index in [1.807, 2.05) is 6.92 Å². The molecule has 0 aliphatic carbocycles. The molecule has 2 unspecified atom stereocenters. The number of amides is 1. The fourth-order valence-electron chi connectivity index (χ4n) is 4.19. The number of nitrogens with zero attached hydrogens (tertiary/aromatic N) is 1. The van der Waals surface area contributed by atoms with Gasteiger partial charge in [0.2, 0.25) is 0 Å².